The Morgan fingerprint density at radius 2 is 0.887 bits per heavy atom. The summed E-state index contributed by atoms with van der Waals surface area (Å²) in [5.41, 5.74) is 12.0. The Hall–Kier alpha value is -7.24. The standard InChI is InChI=1S/C48H27N3O2/c1-2-10-29-25-45-38(23-28(29)9-1)37-24-30(18-22-43(37)52-45)47-48(50-40-14-6-5-13-39(40)49-47)31-17-20-35-36-21-19-32(27-46(36)53-44(35)26-31)51-41-15-7-3-11-33(41)34-12-4-8-16-42(34)51/h1-27H. The highest BCUT2D eigenvalue weighted by molar-refractivity contribution is 6.12. The van der Waals surface area contributed by atoms with Crippen molar-refractivity contribution in [3.05, 3.63) is 164 Å². The summed E-state index contributed by atoms with van der Waals surface area (Å²) in [6.45, 7) is 0. The molecule has 0 amide bonds. The maximum atomic E-state index is 6.67. The molecular formula is C48H27N3O2. The molecule has 12 rings (SSSR count). The fourth-order valence-electron chi connectivity index (χ4n) is 8.26. The van der Waals surface area contributed by atoms with Crippen LogP contribution in [0.1, 0.15) is 0 Å². The van der Waals surface area contributed by atoms with Crippen LogP contribution in [0.4, 0.5) is 0 Å². The molecule has 5 heteroatoms. The van der Waals surface area contributed by atoms with E-state index in [4.69, 9.17) is 18.8 Å². The lowest BCUT2D eigenvalue weighted by atomic mass is 10.00. The minimum absolute atomic E-state index is 0.801. The van der Waals surface area contributed by atoms with Crippen molar-refractivity contribution >= 4 is 87.5 Å². The lowest BCUT2D eigenvalue weighted by Gasteiger charge is -2.11. The van der Waals surface area contributed by atoms with Crippen molar-refractivity contribution < 1.29 is 8.83 Å². The van der Waals surface area contributed by atoms with Crippen LogP contribution in [0.5, 0.6) is 0 Å². The van der Waals surface area contributed by atoms with E-state index >= 15 is 0 Å². The van der Waals surface area contributed by atoms with Crippen molar-refractivity contribution in [1.29, 1.82) is 0 Å². The normalized spacial score (nSPS) is 12.2. The van der Waals surface area contributed by atoms with E-state index in [-0.39, 0.29) is 0 Å². The summed E-state index contributed by atoms with van der Waals surface area (Å²) in [6, 6.07) is 57.2. The van der Waals surface area contributed by atoms with Crippen LogP contribution in [0.3, 0.4) is 0 Å². The van der Waals surface area contributed by atoms with Crippen LogP contribution in [-0.2, 0) is 0 Å². The summed E-state index contributed by atoms with van der Waals surface area (Å²) in [5.74, 6) is 0. The molecule has 4 aromatic heterocycles. The summed E-state index contributed by atoms with van der Waals surface area (Å²) in [6.07, 6.45) is 0. The molecule has 0 bridgehead atoms. The fourth-order valence-corrected chi connectivity index (χ4v) is 8.26. The van der Waals surface area contributed by atoms with Crippen molar-refractivity contribution in [2.75, 3.05) is 0 Å². The van der Waals surface area contributed by atoms with E-state index in [1.54, 1.807) is 0 Å². The molecule has 4 heterocycles. The first-order valence-electron chi connectivity index (χ1n) is 17.8. The third-order valence-electron chi connectivity index (χ3n) is 10.8. The van der Waals surface area contributed by atoms with Crippen LogP contribution in [0.2, 0.25) is 0 Å². The molecule has 12 aromatic rings. The van der Waals surface area contributed by atoms with Gasteiger partial charge >= 0.3 is 0 Å². The Kier molecular flexibility index (Phi) is 5.71. The van der Waals surface area contributed by atoms with Gasteiger partial charge in [-0.2, -0.15) is 0 Å². The molecule has 0 radical (unpaired) electrons. The summed E-state index contributed by atoms with van der Waals surface area (Å²) in [7, 11) is 0. The third-order valence-corrected chi connectivity index (χ3v) is 10.8. The molecule has 0 spiro atoms. The number of fused-ring (bicyclic) bond motifs is 11. The highest BCUT2D eigenvalue weighted by Crippen LogP contribution is 2.40. The first-order chi connectivity index (χ1) is 26.2. The van der Waals surface area contributed by atoms with Gasteiger partial charge in [0.05, 0.1) is 33.5 Å². The number of benzene rings is 8. The smallest absolute Gasteiger partial charge is 0.137 e. The zero-order valence-electron chi connectivity index (χ0n) is 28.2. The minimum Gasteiger partial charge on any atom is -0.456 e. The molecule has 246 valence electrons. The van der Waals surface area contributed by atoms with Crippen LogP contribution in [0.15, 0.2) is 173 Å². The van der Waals surface area contributed by atoms with Gasteiger partial charge in [0, 0.05) is 55.2 Å². The van der Waals surface area contributed by atoms with E-state index in [0.717, 1.165) is 88.5 Å². The average Bonchev–Trinajstić information content (AvgIpc) is 3.87. The van der Waals surface area contributed by atoms with E-state index in [9.17, 15) is 0 Å². The van der Waals surface area contributed by atoms with Gasteiger partial charge in [0.2, 0.25) is 0 Å². The van der Waals surface area contributed by atoms with Crippen molar-refractivity contribution in [2.24, 2.45) is 0 Å². The van der Waals surface area contributed by atoms with Crippen molar-refractivity contribution in [3.63, 3.8) is 0 Å². The quantitative estimate of drug-likeness (QED) is 0.187. The van der Waals surface area contributed by atoms with Crippen molar-refractivity contribution in [1.82, 2.24) is 14.5 Å². The SMILES string of the molecule is c1ccc2cc3c(cc2c1)oc1ccc(-c2nc4ccccc4nc2-c2ccc4c(c2)oc2cc(-n5c6ccccc6c6ccccc65)ccc24)cc13. The Labute approximate surface area is 302 Å². The molecule has 0 unspecified atom stereocenters. The van der Waals surface area contributed by atoms with E-state index in [1.807, 2.05) is 30.3 Å². The Morgan fingerprint density at radius 3 is 1.62 bits per heavy atom. The second-order valence-corrected chi connectivity index (χ2v) is 13.8. The molecule has 5 nitrogen and oxygen atoms in total. The second-order valence-electron chi connectivity index (χ2n) is 13.8. The molecule has 8 aromatic carbocycles. The highest BCUT2D eigenvalue weighted by Gasteiger charge is 2.19. The van der Waals surface area contributed by atoms with Crippen LogP contribution in [0, 0.1) is 0 Å². The largest absolute Gasteiger partial charge is 0.456 e. The van der Waals surface area contributed by atoms with Gasteiger partial charge in [-0.3, -0.25) is 0 Å². The Bertz CT molecular complexity index is 3420. The van der Waals surface area contributed by atoms with Crippen LogP contribution < -0.4 is 0 Å². The molecule has 0 saturated heterocycles. The second kappa shape index (κ2) is 10.6. The first-order valence-corrected chi connectivity index (χ1v) is 17.8. The number of nitrogens with zero attached hydrogens (tertiary/aromatic N) is 3. The molecule has 0 aliphatic heterocycles. The Morgan fingerprint density at radius 1 is 0.358 bits per heavy atom. The number of rotatable bonds is 3. The summed E-state index contributed by atoms with van der Waals surface area (Å²) < 4.78 is 15.3. The molecule has 0 saturated carbocycles. The molecule has 0 N–H and O–H groups in total. The maximum absolute atomic E-state index is 6.67. The number of para-hydroxylation sites is 4. The zero-order chi connectivity index (χ0) is 34.6. The lowest BCUT2D eigenvalue weighted by molar-refractivity contribution is 0.668. The summed E-state index contributed by atoms with van der Waals surface area (Å²) >= 11 is 0. The number of aromatic nitrogens is 3. The van der Waals surface area contributed by atoms with E-state index in [0.29, 0.717) is 0 Å². The summed E-state index contributed by atoms with van der Waals surface area (Å²) in [5, 5.41) is 9.08. The van der Waals surface area contributed by atoms with Crippen molar-refractivity contribution in [2.45, 2.75) is 0 Å². The molecule has 0 fully saturated rings. The maximum Gasteiger partial charge on any atom is 0.137 e. The first kappa shape index (κ1) is 28.5. The molecule has 0 aliphatic rings. The van der Waals surface area contributed by atoms with Gasteiger partial charge in [0.25, 0.3) is 0 Å². The van der Waals surface area contributed by atoms with Gasteiger partial charge in [-0.25, -0.2) is 9.97 Å². The number of furan rings is 2. The zero-order valence-corrected chi connectivity index (χ0v) is 28.2. The van der Waals surface area contributed by atoms with Gasteiger partial charge in [-0.05, 0) is 89.6 Å². The average molecular weight is 678 g/mol. The number of hydrogen-bond donors (Lipinski definition) is 0. The van der Waals surface area contributed by atoms with E-state index in [2.05, 4.69) is 138 Å². The molecular weight excluding hydrogens is 651 g/mol. The van der Waals surface area contributed by atoms with Gasteiger partial charge in [-0.1, -0.05) is 78.9 Å². The van der Waals surface area contributed by atoms with Gasteiger partial charge in [0.1, 0.15) is 22.3 Å². The van der Waals surface area contributed by atoms with Crippen LogP contribution in [0.25, 0.3) is 116 Å². The predicted molar refractivity (Wildman–Crippen MR) is 217 cm³/mol. The molecule has 0 aliphatic carbocycles. The van der Waals surface area contributed by atoms with E-state index < -0.39 is 0 Å². The van der Waals surface area contributed by atoms with Crippen LogP contribution >= 0.6 is 0 Å². The number of hydrogen-bond acceptors (Lipinski definition) is 4. The molecule has 53 heavy (non-hydrogen) atoms. The summed E-state index contributed by atoms with van der Waals surface area (Å²) in [4.78, 5) is 10.5. The van der Waals surface area contributed by atoms with Gasteiger partial charge < -0.3 is 13.4 Å². The third kappa shape index (κ3) is 4.19. The minimum atomic E-state index is 0.801. The van der Waals surface area contributed by atoms with Crippen molar-refractivity contribution in [3.8, 4) is 28.2 Å². The Balaban J connectivity index is 1.03. The van der Waals surface area contributed by atoms with Gasteiger partial charge in [-0.15, -0.1) is 0 Å². The highest BCUT2D eigenvalue weighted by atomic mass is 16.3. The van der Waals surface area contributed by atoms with E-state index in [1.165, 1.54) is 27.2 Å². The lowest BCUT2D eigenvalue weighted by Crippen LogP contribution is -1.95. The van der Waals surface area contributed by atoms with Crippen LogP contribution in [-0.4, -0.2) is 14.5 Å². The van der Waals surface area contributed by atoms with Gasteiger partial charge in [0.15, 0.2) is 0 Å². The predicted octanol–water partition coefficient (Wildman–Crippen LogP) is 13.0. The monoisotopic (exact) mass is 677 g/mol. The fraction of sp³-hybridized carbons (Fsp3) is 0. The topological polar surface area (TPSA) is 57.0 Å². The molecule has 0 atom stereocenters.